The molecule has 0 aliphatic rings. The van der Waals surface area contributed by atoms with Crippen LogP contribution < -0.4 is 0 Å². The topological polar surface area (TPSA) is 0 Å². The zero-order valence-electron chi connectivity index (χ0n) is 16.1. The van der Waals surface area contributed by atoms with Crippen LogP contribution in [0.25, 0.3) is 22.4 Å². The molecule has 0 bridgehead atoms. The molecule has 0 saturated carbocycles. The summed E-state index contributed by atoms with van der Waals surface area (Å²) in [5.74, 6) is -2.15. The van der Waals surface area contributed by atoms with E-state index in [1.807, 2.05) is 32.1 Å². The fourth-order valence-electron chi connectivity index (χ4n) is 3.23. The second kappa shape index (κ2) is 8.92. The molecular weight excluding hydrogens is 357 g/mol. The van der Waals surface area contributed by atoms with Gasteiger partial charge in [-0.3, -0.25) is 0 Å². The summed E-state index contributed by atoms with van der Waals surface area (Å²) in [5, 5.41) is 0.969. The van der Waals surface area contributed by atoms with Crippen LogP contribution in [0.15, 0.2) is 66.7 Å². The van der Waals surface area contributed by atoms with Crippen LogP contribution in [0.5, 0.6) is 0 Å². The third-order valence-electron chi connectivity index (χ3n) is 4.90. The minimum atomic E-state index is -0.941. The number of halogens is 3. The van der Waals surface area contributed by atoms with Gasteiger partial charge in [-0.2, -0.15) is 0 Å². The molecule has 0 aliphatic heterocycles. The lowest BCUT2D eigenvalue weighted by Crippen LogP contribution is -1.91. The van der Waals surface area contributed by atoms with Gasteiger partial charge in [0.25, 0.3) is 0 Å². The van der Waals surface area contributed by atoms with E-state index in [0.29, 0.717) is 22.8 Å². The minimum absolute atomic E-state index is 0.103. The van der Waals surface area contributed by atoms with Crippen LogP contribution in [-0.2, 0) is 12.8 Å². The van der Waals surface area contributed by atoms with Crippen LogP contribution in [0.1, 0.15) is 42.5 Å². The number of fused-ring (bicyclic) bond motifs is 1. The highest BCUT2D eigenvalue weighted by atomic mass is 19.2. The molecule has 0 unspecified atom stereocenters. The molecule has 0 aliphatic carbocycles. The molecule has 0 saturated heterocycles. The van der Waals surface area contributed by atoms with Gasteiger partial charge in [-0.15, -0.1) is 0 Å². The molecule has 3 aromatic carbocycles. The van der Waals surface area contributed by atoms with Crippen LogP contribution >= 0.6 is 0 Å². The lowest BCUT2D eigenvalue weighted by molar-refractivity contribution is 0.624. The van der Waals surface area contributed by atoms with Crippen molar-refractivity contribution >= 4 is 22.4 Å². The van der Waals surface area contributed by atoms with E-state index < -0.39 is 11.7 Å². The molecule has 0 spiro atoms. The van der Waals surface area contributed by atoms with Gasteiger partial charge in [0.05, 0.1) is 0 Å². The predicted octanol–water partition coefficient (Wildman–Crippen LogP) is 7.81. The molecule has 0 radical (unpaired) electrons. The average Bonchev–Trinajstić information content (AvgIpc) is 2.73. The molecule has 0 heterocycles. The van der Waals surface area contributed by atoms with Crippen LogP contribution in [0, 0.1) is 5.82 Å². The maximum absolute atomic E-state index is 14.7. The summed E-state index contributed by atoms with van der Waals surface area (Å²) in [6.07, 6.45) is 6.41. The Balaban J connectivity index is 1.90. The van der Waals surface area contributed by atoms with Crippen LogP contribution in [0.4, 0.5) is 13.2 Å². The van der Waals surface area contributed by atoms with Crippen LogP contribution in [0.3, 0.4) is 0 Å². The predicted molar refractivity (Wildman–Crippen MR) is 112 cm³/mol. The summed E-state index contributed by atoms with van der Waals surface area (Å²) >= 11 is 0. The number of allylic oxidation sites excluding steroid dienone is 2. The van der Waals surface area contributed by atoms with Crippen LogP contribution in [-0.4, -0.2) is 0 Å². The van der Waals surface area contributed by atoms with Crippen molar-refractivity contribution in [2.24, 2.45) is 0 Å². The second-order valence-electron chi connectivity index (χ2n) is 6.76. The molecule has 0 nitrogen and oxygen atoms in total. The molecule has 0 fully saturated rings. The van der Waals surface area contributed by atoms with Gasteiger partial charge in [0.15, 0.2) is 11.7 Å². The third kappa shape index (κ3) is 4.19. The highest BCUT2D eigenvalue weighted by Gasteiger charge is 2.13. The van der Waals surface area contributed by atoms with E-state index >= 15 is 0 Å². The molecule has 3 aromatic rings. The molecule has 3 heteroatoms. The Labute approximate surface area is 164 Å². The van der Waals surface area contributed by atoms with Crippen molar-refractivity contribution in [1.29, 1.82) is 0 Å². The van der Waals surface area contributed by atoms with Crippen LogP contribution in [0.2, 0.25) is 0 Å². The standard InChI is InChI=1S/C25H23F3/c1-3-5-6-7-17-8-10-19(11-9-17)24(27)25(28)21-14-15-22-20(16-21)13-12-18(4-2)23(22)26/h3,5,8-16H,4,6-7H2,1-2H3/b5-3+,25-24?. The minimum Gasteiger partial charge on any atom is -0.206 e. The second-order valence-corrected chi connectivity index (χ2v) is 6.76. The largest absolute Gasteiger partial charge is 0.206 e. The number of hydrogen-bond donors (Lipinski definition) is 0. The summed E-state index contributed by atoms with van der Waals surface area (Å²) in [5.41, 5.74) is 1.98. The maximum Gasteiger partial charge on any atom is 0.166 e. The van der Waals surface area contributed by atoms with Crippen molar-refractivity contribution in [2.75, 3.05) is 0 Å². The lowest BCUT2D eigenvalue weighted by Gasteiger charge is -2.08. The first kappa shape index (κ1) is 19.9. The van der Waals surface area contributed by atoms with E-state index in [4.69, 9.17) is 0 Å². The van der Waals surface area contributed by atoms with Crippen molar-refractivity contribution in [1.82, 2.24) is 0 Å². The van der Waals surface area contributed by atoms with Crippen molar-refractivity contribution in [3.8, 4) is 0 Å². The molecule has 144 valence electrons. The van der Waals surface area contributed by atoms with E-state index in [-0.39, 0.29) is 16.9 Å². The van der Waals surface area contributed by atoms with Crippen molar-refractivity contribution in [3.05, 3.63) is 94.8 Å². The Morgan fingerprint density at radius 2 is 1.57 bits per heavy atom. The van der Waals surface area contributed by atoms with Crippen molar-refractivity contribution in [3.63, 3.8) is 0 Å². The van der Waals surface area contributed by atoms with E-state index in [1.54, 1.807) is 24.3 Å². The highest BCUT2D eigenvalue weighted by molar-refractivity contribution is 5.90. The quantitative estimate of drug-likeness (QED) is 0.302. The van der Waals surface area contributed by atoms with Gasteiger partial charge >= 0.3 is 0 Å². The molecule has 0 N–H and O–H groups in total. The summed E-state index contributed by atoms with van der Waals surface area (Å²) in [6.45, 7) is 3.85. The zero-order valence-corrected chi connectivity index (χ0v) is 16.1. The fourth-order valence-corrected chi connectivity index (χ4v) is 3.23. The SMILES string of the molecule is C/C=C/CCc1ccc(C(F)=C(F)c2ccc3c(F)c(CC)ccc3c2)cc1. The number of rotatable bonds is 6. The Kier molecular flexibility index (Phi) is 6.35. The Morgan fingerprint density at radius 1 is 0.893 bits per heavy atom. The molecule has 0 aromatic heterocycles. The Bertz CT molecular complexity index is 1030. The average molecular weight is 380 g/mol. The first-order chi connectivity index (χ1) is 13.5. The smallest absolute Gasteiger partial charge is 0.166 e. The van der Waals surface area contributed by atoms with Gasteiger partial charge in [0.1, 0.15) is 5.82 Å². The maximum atomic E-state index is 14.7. The Hall–Kier alpha value is -2.81. The van der Waals surface area contributed by atoms with Crippen molar-refractivity contribution in [2.45, 2.75) is 33.1 Å². The van der Waals surface area contributed by atoms with E-state index in [1.165, 1.54) is 18.2 Å². The number of benzene rings is 3. The third-order valence-corrected chi connectivity index (χ3v) is 4.90. The monoisotopic (exact) mass is 380 g/mol. The van der Waals surface area contributed by atoms with Gasteiger partial charge in [0, 0.05) is 16.5 Å². The normalized spacial score (nSPS) is 12.6. The summed E-state index contributed by atoms with van der Waals surface area (Å²) < 4.78 is 43.8. The van der Waals surface area contributed by atoms with Gasteiger partial charge < -0.3 is 0 Å². The molecule has 28 heavy (non-hydrogen) atoms. The van der Waals surface area contributed by atoms with E-state index in [0.717, 1.165) is 18.4 Å². The lowest BCUT2D eigenvalue weighted by atomic mass is 10.0. The Morgan fingerprint density at radius 3 is 2.25 bits per heavy atom. The first-order valence-corrected chi connectivity index (χ1v) is 9.52. The summed E-state index contributed by atoms with van der Waals surface area (Å²) in [6, 6.07) is 14.7. The number of aryl methyl sites for hydroxylation is 2. The molecule has 0 amide bonds. The molecular formula is C25H23F3. The van der Waals surface area contributed by atoms with Crippen molar-refractivity contribution < 1.29 is 13.2 Å². The molecule has 0 atom stereocenters. The summed E-state index contributed by atoms with van der Waals surface area (Å²) in [7, 11) is 0. The van der Waals surface area contributed by atoms with E-state index in [2.05, 4.69) is 6.08 Å². The number of hydrogen-bond acceptors (Lipinski definition) is 0. The zero-order chi connectivity index (χ0) is 20.1. The first-order valence-electron chi connectivity index (χ1n) is 9.52. The van der Waals surface area contributed by atoms with Gasteiger partial charge in [-0.05, 0) is 48.8 Å². The van der Waals surface area contributed by atoms with Gasteiger partial charge in [-0.1, -0.05) is 67.6 Å². The molecule has 3 rings (SSSR count). The summed E-state index contributed by atoms with van der Waals surface area (Å²) in [4.78, 5) is 0. The van der Waals surface area contributed by atoms with Gasteiger partial charge in [0.2, 0.25) is 0 Å². The van der Waals surface area contributed by atoms with E-state index in [9.17, 15) is 13.2 Å². The fraction of sp³-hybridized carbons (Fsp3) is 0.200. The van der Waals surface area contributed by atoms with Gasteiger partial charge in [-0.25, -0.2) is 13.2 Å². The highest BCUT2D eigenvalue weighted by Crippen LogP contribution is 2.32.